The van der Waals surface area contributed by atoms with Crippen LogP contribution in [0.5, 0.6) is 0 Å². The number of carbonyl (C=O) groups excluding carboxylic acids is 1. The highest BCUT2D eigenvalue weighted by molar-refractivity contribution is 5.75. The van der Waals surface area contributed by atoms with Crippen molar-refractivity contribution in [3.63, 3.8) is 0 Å². The Morgan fingerprint density at radius 2 is 2.04 bits per heavy atom. The average molecular weight is 331 g/mol. The number of anilines is 1. The van der Waals surface area contributed by atoms with Gasteiger partial charge in [-0.05, 0) is 38.0 Å². The Kier molecular flexibility index (Phi) is 4.37. The summed E-state index contributed by atoms with van der Waals surface area (Å²) in [5.41, 5.74) is 0. The van der Waals surface area contributed by atoms with Gasteiger partial charge in [-0.15, -0.1) is 0 Å². The molecule has 1 aromatic heterocycles. The monoisotopic (exact) mass is 331 g/mol. The van der Waals surface area contributed by atoms with E-state index in [1.54, 1.807) is 0 Å². The fourth-order valence-electron chi connectivity index (χ4n) is 4.90. The van der Waals surface area contributed by atoms with Crippen molar-refractivity contribution in [1.29, 1.82) is 0 Å². The Hall–Kier alpha value is -1.72. The van der Waals surface area contributed by atoms with Crippen molar-refractivity contribution in [2.75, 3.05) is 24.5 Å². The summed E-state index contributed by atoms with van der Waals surface area (Å²) in [6, 6.07) is 2.96. The molecular weight excluding hydrogens is 302 g/mol. The van der Waals surface area contributed by atoms with Crippen molar-refractivity contribution in [2.24, 2.45) is 13.0 Å². The molecule has 4 rings (SSSR count). The first-order valence-electron chi connectivity index (χ1n) is 9.52. The van der Waals surface area contributed by atoms with Crippen molar-refractivity contribution in [3.05, 3.63) is 12.3 Å². The zero-order valence-corrected chi connectivity index (χ0v) is 14.7. The maximum Gasteiger partial charge on any atom is 0.317 e. The van der Waals surface area contributed by atoms with Crippen LogP contribution in [0, 0.1) is 5.92 Å². The molecule has 24 heavy (non-hydrogen) atoms. The number of carbonyl (C=O) groups is 1. The summed E-state index contributed by atoms with van der Waals surface area (Å²) in [5.74, 6) is 1.89. The number of rotatable bonds is 2. The number of fused-ring (bicyclic) bond motifs is 1. The molecule has 0 unspecified atom stereocenters. The summed E-state index contributed by atoms with van der Waals surface area (Å²) < 4.78 is 1.91. The van der Waals surface area contributed by atoms with E-state index in [0.29, 0.717) is 6.04 Å². The predicted octanol–water partition coefficient (Wildman–Crippen LogP) is 2.36. The lowest BCUT2D eigenvalue weighted by Gasteiger charge is -2.37. The Bertz CT molecular complexity index is 586. The number of nitrogens with one attached hydrogen (secondary N) is 1. The molecule has 2 saturated heterocycles. The second kappa shape index (κ2) is 6.65. The van der Waals surface area contributed by atoms with Crippen LogP contribution >= 0.6 is 0 Å². The predicted molar refractivity (Wildman–Crippen MR) is 94.0 cm³/mol. The summed E-state index contributed by atoms with van der Waals surface area (Å²) in [5, 5.41) is 7.59. The number of nitrogens with zero attached hydrogens (tertiary/aromatic N) is 4. The fourth-order valence-corrected chi connectivity index (χ4v) is 4.90. The first-order valence-corrected chi connectivity index (χ1v) is 9.52. The number of urea groups is 1. The van der Waals surface area contributed by atoms with Crippen molar-refractivity contribution >= 4 is 11.8 Å². The van der Waals surface area contributed by atoms with E-state index in [1.807, 2.05) is 17.9 Å². The molecule has 3 fully saturated rings. The summed E-state index contributed by atoms with van der Waals surface area (Å²) in [6.07, 6.45) is 10.4. The van der Waals surface area contributed by atoms with Crippen LogP contribution in [0.4, 0.5) is 10.6 Å². The van der Waals surface area contributed by atoms with Gasteiger partial charge in [-0.2, -0.15) is 5.10 Å². The highest BCUT2D eigenvalue weighted by Crippen LogP contribution is 2.36. The second-order valence-corrected chi connectivity index (χ2v) is 7.64. The van der Waals surface area contributed by atoms with Gasteiger partial charge in [0, 0.05) is 44.8 Å². The van der Waals surface area contributed by atoms with Gasteiger partial charge in [-0.25, -0.2) is 4.79 Å². The number of hydrogen-bond donors (Lipinski definition) is 1. The number of hydrogen-bond acceptors (Lipinski definition) is 3. The normalized spacial score (nSPS) is 30.3. The van der Waals surface area contributed by atoms with E-state index < -0.39 is 0 Å². The van der Waals surface area contributed by atoms with E-state index in [9.17, 15) is 4.79 Å². The van der Waals surface area contributed by atoms with Gasteiger partial charge < -0.3 is 15.1 Å². The molecule has 6 nitrogen and oxygen atoms in total. The first kappa shape index (κ1) is 15.8. The molecule has 0 radical (unpaired) electrons. The number of aryl methyl sites for hydroxylation is 1. The summed E-state index contributed by atoms with van der Waals surface area (Å²) in [6.45, 7) is 2.87. The van der Waals surface area contributed by atoms with Crippen molar-refractivity contribution in [2.45, 2.75) is 57.0 Å². The molecule has 1 aliphatic carbocycles. The number of aromatic nitrogens is 2. The molecular formula is C18H29N5O. The van der Waals surface area contributed by atoms with Crippen LogP contribution < -0.4 is 10.2 Å². The highest BCUT2D eigenvalue weighted by atomic mass is 16.2. The third kappa shape index (κ3) is 2.98. The molecule has 3 atom stereocenters. The lowest BCUT2D eigenvalue weighted by molar-refractivity contribution is 0.165. The third-order valence-electron chi connectivity index (χ3n) is 6.14. The Morgan fingerprint density at radius 3 is 2.88 bits per heavy atom. The van der Waals surface area contributed by atoms with Crippen LogP contribution in [0.15, 0.2) is 12.3 Å². The van der Waals surface area contributed by atoms with Gasteiger partial charge in [0.2, 0.25) is 0 Å². The van der Waals surface area contributed by atoms with E-state index in [4.69, 9.17) is 0 Å². The number of piperidine rings is 1. The Labute approximate surface area is 144 Å². The zero-order valence-electron chi connectivity index (χ0n) is 14.7. The quantitative estimate of drug-likeness (QED) is 0.905. The van der Waals surface area contributed by atoms with Crippen LogP contribution in [0.2, 0.25) is 0 Å². The smallest absolute Gasteiger partial charge is 0.317 e. The SMILES string of the molecule is Cn1nccc1N1CCC[C@@H](NC(=O)N2CC[C@H]3CCCC[C@H]32)C1. The molecule has 3 aliphatic rings. The maximum atomic E-state index is 12.8. The molecule has 1 N–H and O–H groups in total. The molecule has 0 bridgehead atoms. The standard InChI is InChI=1S/C18H29N5O/c1-21-17(8-10-19-21)22-11-4-6-15(13-22)20-18(24)23-12-9-14-5-2-3-7-16(14)23/h8,10,14-16H,2-7,9,11-13H2,1H3,(H,20,24)/t14-,15-,16-/m1/s1. The Balaban J connectivity index is 1.36. The van der Waals surface area contributed by atoms with E-state index >= 15 is 0 Å². The summed E-state index contributed by atoms with van der Waals surface area (Å²) in [4.78, 5) is 17.3. The lowest BCUT2D eigenvalue weighted by Crippen LogP contribution is -2.53. The van der Waals surface area contributed by atoms with Crippen molar-refractivity contribution in [3.8, 4) is 0 Å². The molecule has 2 amide bonds. The zero-order chi connectivity index (χ0) is 16.5. The van der Waals surface area contributed by atoms with Crippen LogP contribution in [0.3, 0.4) is 0 Å². The maximum absolute atomic E-state index is 12.8. The lowest BCUT2D eigenvalue weighted by atomic mass is 9.85. The van der Waals surface area contributed by atoms with Gasteiger partial charge in [0.05, 0.1) is 6.20 Å². The van der Waals surface area contributed by atoms with E-state index in [0.717, 1.165) is 44.2 Å². The van der Waals surface area contributed by atoms with E-state index in [-0.39, 0.29) is 12.1 Å². The first-order chi connectivity index (χ1) is 11.7. The molecule has 0 aromatic carbocycles. The van der Waals surface area contributed by atoms with Crippen LogP contribution in [0.25, 0.3) is 0 Å². The van der Waals surface area contributed by atoms with E-state index in [1.165, 1.54) is 32.1 Å². The number of likely N-dealkylation sites (tertiary alicyclic amines) is 1. The topological polar surface area (TPSA) is 53.4 Å². The van der Waals surface area contributed by atoms with Crippen LogP contribution in [0.1, 0.15) is 44.9 Å². The minimum absolute atomic E-state index is 0.168. The molecule has 2 aliphatic heterocycles. The van der Waals surface area contributed by atoms with Gasteiger partial charge in [-0.3, -0.25) is 4.68 Å². The molecule has 1 aromatic rings. The average Bonchev–Trinajstić information content (AvgIpc) is 3.21. The van der Waals surface area contributed by atoms with Crippen LogP contribution in [-0.2, 0) is 7.05 Å². The van der Waals surface area contributed by atoms with Gasteiger partial charge in [0.15, 0.2) is 0 Å². The Morgan fingerprint density at radius 1 is 1.17 bits per heavy atom. The van der Waals surface area contributed by atoms with Crippen molar-refractivity contribution < 1.29 is 4.79 Å². The minimum Gasteiger partial charge on any atom is -0.355 e. The van der Waals surface area contributed by atoms with Gasteiger partial charge in [0.1, 0.15) is 5.82 Å². The second-order valence-electron chi connectivity index (χ2n) is 7.64. The third-order valence-corrected chi connectivity index (χ3v) is 6.14. The number of amides is 2. The molecule has 0 spiro atoms. The minimum atomic E-state index is 0.168. The summed E-state index contributed by atoms with van der Waals surface area (Å²) >= 11 is 0. The van der Waals surface area contributed by atoms with Gasteiger partial charge in [-0.1, -0.05) is 12.8 Å². The van der Waals surface area contributed by atoms with E-state index in [2.05, 4.69) is 26.3 Å². The molecule has 3 heterocycles. The van der Waals surface area contributed by atoms with Crippen LogP contribution in [-0.4, -0.2) is 52.4 Å². The highest BCUT2D eigenvalue weighted by Gasteiger charge is 2.38. The molecule has 6 heteroatoms. The molecule has 132 valence electrons. The van der Waals surface area contributed by atoms with Gasteiger partial charge in [0.25, 0.3) is 0 Å². The van der Waals surface area contributed by atoms with Crippen molar-refractivity contribution in [1.82, 2.24) is 20.0 Å². The summed E-state index contributed by atoms with van der Waals surface area (Å²) in [7, 11) is 1.98. The largest absolute Gasteiger partial charge is 0.355 e. The van der Waals surface area contributed by atoms with Gasteiger partial charge >= 0.3 is 6.03 Å². The molecule has 1 saturated carbocycles. The fraction of sp³-hybridized carbons (Fsp3) is 0.778.